The van der Waals surface area contributed by atoms with E-state index in [9.17, 15) is 4.79 Å². The number of hydrogen-bond donors (Lipinski definition) is 2. The molecule has 1 aromatic rings. The minimum Gasteiger partial charge on any atom is -0.481 e. The van der Waals surface area contributed by atoms with Gasteiger partial charge in [-0.25, -0.2) is 0 Å². The second kappa shape index (κ2) is 6.65. The standard InChI is InChI=1S/C10H11NO2.C2H6/c1-3-4-9-7(2)8(6-11-9)5-10(12)13;1-2/h3-4,6,11H,1-2,5H2,(H,12,13);1-2H3/b9-4+;. The number of aromatic amines is 1. The number of rotatable bonds is 3. The summed E-state index contributed by atoms with van der Waals surface area (Å²) in [5, 5.41) is 10.1. The molecule has 2 N–H and O–H groups in total. The Hall–Kier alpha value is -1.77. The molecule has 0 amide bonds. The summed E-state index contributed by atoms with van der Waals surface area (Å²) in [6.07, 6.45) is 5.05. The number of carboxylic acids is 1. The van der Waals surface area contributed by atoms with E-state index in [-0.39, 0.29) is 6.42 Å². The maximum atomic E-state index is 10.4. The van der Waals surface area contributed by atoms with Gasteiger partial charge in [0.15, 0.2) is 0 Å². The smallest absolute Gasteiger partial charge is 0.307 e. The number of H-pyrrole nitrogens is 1. The van der Waals surface area contributed by atoms with Crippen molar-refractivity contribution >= 4 is 18.6 Å². The van der Waals surface area contributed by atoms with Crippen molar-refractivity contribution in [3.8, 4) is 0 Å². The molecule has 3 nitrogen and oxygen atoms in total. The van der Waals surface area contributed by atoms with Gasteiger partial charge in [-0.15, -0.1) is 0 Å². The predicted octanol–water partition coefficient (Wildman–Crippen LogP) is 1.04. The zero-order valence-electron chi connectivity index (χ0n) is 9.21. The maximum Gasteiger partial charge on any atom is 0.307 e. The summed E-state index contributed by atoms with van der Waals surface area (Å²) in [5.74, 6) is -0.853. The lowest BCUT2D eigenvalue weighted by Crippen LogP contribution is -2.24. The van der Waals surface area contributed by atoms with Gasteiger partial charge in [0, 0.05) is 11.5 Å². The summed E-state index contributed by atoms with van der Waals surface area (Å²) in [6, 6.07) is 0. The highest BCUT2D eigenvalue weighted by molar-refractivity contribution is 5.70. The molecule has 0 atom stereocenters. The number of carbonyl (C=O) groups is 1. The Morgan fingerprint density at radius 3 is 2.67 bits per heavy atom. The van der Waals surface area contributed by atoms with Crippen LogP contribution in [0.4, 0.5) is 0 Å². The molecule has 0 saturated heterocycles. The molecule has 15 heavy (non-hydrogen) atoms. The number of aromatic nitrogens is 1. The van der Waals surface area contributed by atoms with E-state index < -0.39 is 5.97 Å². The molecule has 1 aromatic heterocycles. The average Bonchev–Trinajstić information content (AvgIpc) is 2.53. The van der Waals surface area contributed by atoms with Gasteiger partial charge >= 0.3 is 5.97 Å². The van der Waals surface area contributed by atoms with Crippen molar-refractivity contribution in [1.82, 2.24) is 4.98 Å². The number of allylic oxidation sites excluding steroid dienone is 1. The van der Waals surface area contributed by atoms with Gasteiger partial charge in [-0.3, -0.25) is 4.79 Å². The van der Waals surface area contributed by atoms with Gasteiger partial charge in [-0.05, 0) is 16.9 Å². The van der Waals surface area contributed by atoms with E-state index in [1.807, 2.05) is 13.8 Å². The van der Waals surface area contributed by atoms with E-state index in [4.69, 9.17) is 5.11 Å². The fourth-order valence-corrected chi connectivity index (χ4v) is 1.10. The summed E-state index contributed by atoms with van der Waals surface area (Å²) in [6.45, 7) is 11.3. The second-order valence-electron chi connectivity index (χ2n) is 2.68. The Balaban J connectivity index is 0.000000921. The highest BCUT2D eigenvalue weighted by Gasteiger charge is 2.02. The minimum absolute atomic E-state index is 0.000314. The van der Waals surface area contributed by atoms with Gasteiger partial charge in [-0.1, -0.05) is 33.1 Å². The fourth-order valence-electron chi connectivity index (χ4n) is 1.10. The fraction of sp³-hybridized carbons (Fsp3) is 0.250. The Kier molecular flexibility index (Phi) is 5.86. The molecule has 1 heterocycles. The highest BCUT2D eigenvalue weighted by atomic mass is 16.4. The molecule has 1 rings (SSSR count). The average molecular weight is 207 g/mol. The monoisotopic (exact) mass is 207 g/mol. The largest absolute Gasteiger partial charge is 0.481 e. The van der Waals surface area contributed by atoms with Crippen LogP contribution in [0.2, 0.25) is 0 Å². The van der Waals surface area contributed by atoms with Crippen molar-refractivity contribution in [2.75, 3.05) is 0 Å². The van der Waals surface area contributed by atoms with Gasteiger partial charge in [-0.2, -0.15) is 0 Å². The van der Waals surface area contributed by atoms with Gasteiger partial charge in [0.05, 0.1) is 6.42 Å². The third-order valence-electron chi connectivity index (χ3n) is 1.74. The molecule has 0 spiro atoms. The van der Waals surface area contributed by atoms with Crippen LogP contribution in [0, 0.1) is 0 Å². The van der Waals surface area contributed by atoms with E-state index in [1.165, 1.54) is 0 Å². The van der Waals surface area contributed by atoms with Crippen LogP contribution >= 0.6 is 0 Å². The van der Waals surface area contributed by atoms with E-state index in [2.05, 4.69) is 18.1 Å². The van der Waals surface area contributed by atoms with Crippen LogP contribution in [0.15, 0.2) is 18.9 Å². The first kappa shape index (κ1) is 13.2. The van der Waals surface area contributed by atoms with E-state index in [0.717, 1.165) is 10.6 Å². The Labute approximate surface area is 89.5 Å². The molecule has 0 bridgehead atoms. The molecule has 0 aliphatic heterocycles. The van der Waals surface area contributed by atoms with E-state index in [0.29, 0.717) is 5.56 Å². The molecule has 0 radical (unpaired) electrons. The third-order valence-corrected chi connectivity index (χ3v) is 1.74. The molecule has 0 unspecified atom stereocenters. The number of nitrogens with one attached hydrogen (secondary N) is 1. The molecule has 3 heteroatoms. The van der Waals surface area contributed by atoms with Crippen LogP contribution in [-0.4, -0.2) is 16.1 Å². The van der Waals surface area contributed by atoms with Crippen LogP contribution < -0.4 is 10.6 Å². The normalized spacial score (nSPS) is 10.4. The van der Waals surface area contributed by atoms with Crippen LogP contribution in [-0.2, 0) is 11.2 Å². The first-order chi connectivity index (χ1) is 7.15. The molecule has 0 aromatic carbocycles. The van der Waals surface area contributed by atoms with E-state index >= 15 is 0 Å². The number of aliphatic carboxylic acids is 1. The molecular weight excluding hydrogens is 190 g/mol. The van der Waals surface area contributed by atoms with Crippen molar-refractivity contribution in [3.63, 3.8) is 0 Å². The van der Waals surface area contributed by atoms with Crippen LogP contribution in [0.1, 0.15) is 19.4 Å². The number of hydrogen-bond acceptors (Lipinski definition) is 1. The quantitative estimate of drug-likeness (QED) is 0.778. The van der Waals surface area contributed by atoms with Crippen molar-refractivity contribution in [1.29, 1.82) is 0 Å². The first-order valence-corrected chi connectivity index (χ1v) is 4.85. The van der Waals surface area contributed by atoms with E-state index in [1.54, 1.807) is 18.3 Å². The van der Waals surface area contributed by atoms with Gasteiger partial charge in [0.2, 0.25) is 0 Å². The van der Waals surface area contributed by atoms with Gasteiger partial charge < -0.3 is 10.1 Å². The summed E-state index contributed by atoms with van der Waals surface area (Å²) in [7, 11) is 0. The lowest BCUT2D eigenvalue weighted by Gasteiger charge is -1.87. The van der Waals surface area contributed by atoms with Crippen molar-refractivity contribution in [2.24, 2.45) is 0 Å². The SMILES string of the molecule is C=C/C=c1/[nH]cc(CC(=O)O)c1=C.CC. The summed E-state index contributed by atoms with van der Waals surface area (Å²) in [5.41, 5.74) is 0.709. The summed E-state index contributed by atoms with van der Waals surface area (Å²) < 4.78 is 0. The molecule has 82 valence electrons. The Morgan fingerprint density at radius 1 is 1.60 bits per heavy atom. The lowest BCUT2D eigenvalue weighted by atomic mass is 10.2. The van der Waals surface area contributed by atoms with Crippen LogP contribution in [0.3, 0.4) is 0 Å². The molecule has 0 aliphatic carbocycles. The summed E-state index contributed by atoms with van der Waals surface area (Å²) in [4.78, 5) is 13.3. The lowest BCUT2D eigenvalue weighted by molar-refractivity contribution is -0.136. The zero-order chi connectivity index (χ0) is 11.8. The van der Waals surface area contributed by atoms with Gasteiger partial charge in [0.1, 0.15) is 0 Å². The minimum atomic E-state index is -0.853. The third kappa shape index (κ3) is 3.85. The van der Waals surface area contributed by atoms with Crippen molar-refractivity contribution in [3.05, 3.63) is 35.0 Å². The molecular formula is C12H17NO2. The Morgan fingerprint density at radius 2 is 2.20 bits per heavy atom. The van der Waals surface area contributed by atoms with Crippen LogP contribution in [0.25, 0.3) is 12.7 Å². The predicted molar refractivity (Wildman–Crippen MR) is 62.9 cm³/mol. The highest BCUT2D eigenvalue weighted by Crippen LogP contribution is 1.87. The second-order valence-corrected chi connectivity index (χ2v) is 2.68. The molecule has 0 fully saturated rings. The Bertz CT molecular complexity index is 429. The molecule has 0 aliphatic rings. The van der Waals surface area contributed by atoms with Crippen molar-refractivity contribution < 1.29 is 9.90 Å². The number of carboxylic acid groups (broad SMARTS) is 1. The van der Waals surface area contributed by atoms with Crippen LogP contribution in [0.5, 0.6) is 0 Å². The maximum absolute atomic E-state index is 10.4. The molecule has 0 saturated carbocycles. The van der Waals surface area contributed by atoms with Gasteiger partial charge in [0.25, 0.3) is 0 Å². The first-order valence-electron chi connectivity index (χ1n) is 4.85. The summed E-state index contributed by atoms with van der Waals surface area (Å²) >= 11 is 0. The zero-order valence-corrected chi connectivity index (χ0v) is 9.21. The van der Waals surface area contributed by atoms with Crippen molar-refractivity contribution in [2.45, 2.75) is 20.3 Å². The topological polar surface area (TPSA) is 53.1 Å².